The molecule has 1 fully saturated rings. The Kier molecular flexibility index (Phi) is 4.74. The van der Waals surface area contributed by atoms with Crippen LogP contribution in [0.25, 0.3) is 28.3 Å². The zero-order valence-electron chi connectivity index (χ0n) is 16.8. The molecule has 4 aromatic rings. The van der Waals surface area contributed by atoms with Crippen LogP contribution in [0.3, 0.4) is 0 Å². The van der Waals surface area contributed by atoms with E-state index in [9.17, 15) is 14.9 Å². The van der Waals surface area contributed by atoms with Crippen molar-refractivity contribution >= 4 is 17.0 Å². The Balaban J connectivity index is 1.80. The molecule has 0 radical (unpaired) electrons. The number of aromatic nitrogens is 3. The zero-order chi connectivity index (χ0) is 21.4. The summed E-state index contributed by atoms with van der Waals surface area (Å²) in [5, 5.41) is 15.2. The number of nitrogens with zero attached hydrogens (tertiary/aromatic N) is 4. The van der Waals surface area contributed by atoms with Crippen LogP contribution in [-0.2, 0) is 0 Å². The fourth-order valence-corrected chi connectivity index (χ4v) is 4.13. The molecule has 8 nitrogen and oxygen atoms in total. The number of hydrogen-bond acceptors (Lipinski definition) is 5. The summed E-state index contributed by atoms with van der Waals surface area (Å²) in [6.07, 6.45) is 5.77. The summed E-state index contributed by atoms with van der Waals surface area (Å²) in [5.41, 5.74) is 3.31. The van der Waals surface area contributed by atoms with Gasteiger partial charge in [0.15, 0.2) is 5.65 Å². The highest BCUT2D eigenvalue weighted by Gasteiger charge is 2.20. The van der Waals surface area contributed by atoms with E-state index in [2.05, 4.69) is 5.32 Å². The van der Waals surface area contributed by atoms with E-state index < -0.39 is 4.92 Å². The molecule has 5 rings (SSSR count). The number of benzene rings is 2. The predicted octanol–water partition coefficient (Wildman–Crippen LogP) is 3.05. The Morgan fingerprint density at radius 3 is 2.68 bits per heavy atom. The summed E-state index contributed by atoms with van der Waals surface area (Å²) in [5.74, 6) is 0. The van der Waals surface area contributed by atoms with Gasteiger partial charge in [0.05, 0.1) is 22.5 Å². The van der Waals surface area contributed by atoms with Gasteiger partial charge in [-0.2, -0.15) is 0 Å². The van der Waals surface area contributed by atoms with Crippen LogP contribution in [0.15, 0.2) is 65.6 Å². The lowest BCUT2D eigenvalue weighted by atomic mass is 10.1. The van der Waals surface area contributed by atoms with Gasteiger partial charge in [0.1, 0.15) is 5.22 Å². The van der Waals surface area contributed by atoms with Crippen LogP contribution >= 0.6 is 0 Å². The SMILES string of the molecule is O=c1/c(=C2/CCCCCN2)c2nc(-c3cccc([N+](=O)[O-])c3)cn2n1-c1ccccc1. The summed E-state index contributed by atoms with van der Waals surface area (Å²) < 4.78 is 3.36. The minimum atomic E-state index is -0.421. The first kappa shape index (κ1) is 19.0. The number of non-ortho nitro benzene ring substituents is 1. The third-order valence-electron chi connectivity index (χ3n) is 5.63. The van der Waals surface area contributed by atoms with E-state index >= 15 is 0 Å². The van der Waals surface area contributed by atoms with Crippen molar-refractivity contribution in [1.29, 1.82) is 0 Å². The topological polar surface area (TPSA) is 94.5 Å². The molecular formula is C23H21N5O3. The second-order valence-electron chi connectivity index (χ2n) is 7.65. The first-order chi connectivity index (χ1) is 15.1. The van der Waals surface area contributed by atoms with Gasteiger partial charge in [-0.25, -0.2) is 14.2 Å². The Morgan fingerprint density at radius 1 is 1.03 bits per heavy atom. The third-order valence-corrected chi connectivity index (χ3v) is 5.63. The lowest BCUT2D eigenvalue weighted by Gasteiger charge is -2.04. The van der Waals surface area contributed by atoms with Gasteiger partial charge in [-0.05, 0) is 31.4 Å². The minimum Gasteiger partial charge on any atom is -0.388 e. The molecule has 1 saturated heterocycles. The molecule has 1 aliphatic rings. The molecule has 156 valence electrons. The maximum atomic E-state index is 13.5. The van der Waals surface area contributed by atoms with Crippen LogP contribution in [0, 0.1) is 10.1 Å². The number of imidazole rings is 1. The number of rotatable bonds is 3. The molecule has 1 N–H and O–H groups in total. The van der Waals surface area contributed by atoms with Crippen molar-refractivity contribution < 1.29 is 4.92 Å². The van der Waals surface area contributed by atoms with E-state index in [1.165, 1.54) is 12.1 Å². The van der Waals surface area contributed by atoms with E-state index in [-0.39, 0.29) is 11.2 Å². The fourth-order valence-electron chi connectivity index (χ4n) is 4.13. The number of para-hydroxylation sites is 1. The molecular weight excluding hydrogens is 394 g/mol. The molecule has 0 bridgehead atoms. The summed E-state index contributed by atoms with van der Waals surface area (Å²) in [7, 11) is 0. The first-order valence-corrected chi connectivity index (χ1v) is 10.3. The Hall–Kier alpha value is -3.94. The number of nitro groups is 1. The van der Waals surface area contributed by atoms with E-state index in [0.717, 1.165) is 43.6 Å². The molecule has 31 heavy (non-hydrogen) atoms. The van der Waals surface area contributed by atoms with Gasteiger partial charge >= 0.3 is 0 Å². The highest BCUT2D eigenvalue weighted by Crippen LogP contribution is 2.23. The summed E-state index contributed by atoms with van der Waals surface area (Å²) in [4.78, 5) is 29.0. The number of fused-ring (bicyclic) bond motifs is 1. The van der Waals surface area contributed by atoms with Crippen molar-refractivity contribution in [3.63, 3.8) is 0 Å². The number of nitro benzene ring substituents is 1. The molecule has 3 heterocycles. The van der Waals surface area contributed by atoms with Crippen LogP contribution in [0.2, 0.25) is 0 Å². The van der Waals surface area contributed by atoms with Crippen LogP contribution in [0.1, 0.15) is 25.7 Å². The molecule has 0 spiro atoms. The summed E-state index contributed by atoms with van der Waals surface area (Å²) in [6, 6.07) is 15.8. The van der Waals surface area contributed by atoms with Crippen molar-refractivity contribution in [3.05, 3.63) is 86.5 Å². The Labute approximate surface area is 177 Å². The fraction of sp³-hybridized carbons (Fsp3) is 0.217. The molecule has 1 aliphatic heterocycles. The molecule has 2 aromatic carbocycles. The predicted molar refractivity (Wildman–Crippen MR) is 118 cm³/mol. The van der Waals surface area contributed by atoms with Gasteiger partial charge in [-0.15, -0.1) is 0 Å². The summed E-state index contributed by atoms with van der Waals surface area (Å²) in [6.45, 7) is 0.829. The summed E-state index contributed by atoms with van der Waals surface area (Å²) >= 11 is 0. The van der Waals surface area contributed by atoms with Gasteiger partial charge in [0.2, 0.25) is 0 Å². The Morgan fingerprint density at radius 2 is 1.87 bits per heavy atom. The second kappa shape index (κ2) is 7.71. The average Bonchev–Trinajstić information content (AvgIpc) is 3.18. The van der Waals surface area contributed by atoms with Crippen LogP contribution in [-0.4, -0.2) is 25.6 Å². The van der Waals surface area contributed by atoms with E-state index in [1.807, 2.05) is 30.3 Å². The van der Waals surface area contributed by atoms with Crippen LogP contribution in [0.5, 0.6) is 0 Å². The molecule has 0 saturated carbocycles. The van der Waals surface area contributed by atoms with Gasteiger partial charge < -0.3 is 5.32 Å². The van der Waals surface area contributed by atoms with Crippen LogP contribution < -0.4 is 16.1 Å². The highest BCUT2D eigenvalue weighted by atomic mass is 16.6. The number of nitrogens with one attached hydrogen (secondary N) is 1. The Bertz CT molecular complexity index is 1380. The van der Waals surface area contributed by atoms with E-state index in [0.29, 0.717) is 22.1 Å². The normalized spacial score (nSPS) is 16.1. The number of hydrogen-bond donors (Lipinski definition) is 1. The first-order valence-electron chi connectivity index (χ1n) is 10.3. The van der Waals surface area contributed by atoms with E-state index in [4.69, 9.17) is 4.98 Å². The highest BCUT2D eigenvalue weighted by molar-refractivity contribution is 5.67. The van der Waals surface area contributed by atoms with Crippen molar-refractivity contribution in [3.8, 4) is 16.9 Å². The molecule has 0 unspecified atom stereocenters. The lowest BCUT2D eigenvalue weighted by Crippen LogP contribution is -2.33. The van der Waals surface area contributed by atoms with Crippen LogP contribution in [0.4, 0.5) is 5.69 Å². The molecule has 0 aliphatic carbocycles. The lowest BCUT2D eigenvalue weighted by molar-refractivity contribution is -0.384. The van der Waals surface area contributed by atoms with Crippen molar-refractivity contribution in [2.24, 2.45) is 0 Å². The monoisotopic (exact) mass is 415 g/mol. The van der Waals surface area contributed by atoms with Crippen molar-refractivity contribution in [2.75, 3.05) is 6.54 Å². The van der Waals surface area contributed by atoms with Crippen molar-refractivity contribution in [2.45, 2.75) is 25.7 Å². The second-order valence-corrected chi connectivity index (χ2v) is 7.65. The van der Waals surface area contributed by atoms with Gasteiger partial charge in [-0.1, -0.05) is 36.8 Å². The minimum absolute atomic E-state index is 0.00524. The quantitative estimate of drug-likeness (QED) is 0.410. The molecule has 0 atom stereocenters. The smallest absolute Gasteiger partial charge is 0.283 e. The average molecular weight is 415 g/mol. The third kappa shape index (κ3) is 3.35. The van der Waals surface area contributed by atoms with Gasteiger partial charge in [-0.3, -0.25) is 14.9 Å². The maximum absolute atomic E-state index is 13.5. The van der Waals surface area contributed by atoms with Crippen molar-refractivity contribution in [1.82, 2.24) is 19.5 Å². The standard InChI is InChI=1S/C23H21N5O3/c29-23-21(19-12-5-2-6-13-24-19)22-25-20(16-8-7-11-18(14-16)28(30)31)15-26(22)27(23)17-9-3-1-4-10-17/h1,3-4,7-11,14-15,24H,2,5-6,12-13H2/b21-19-. The largest absolute Gasteiger partial charge is 0.388 e. The van der Waals surface area contributed by atoms with Gasteiger partial charge in [0, 0.05) is 29.9 Å². The molecule has 2 aromatic heterocycles. The zero-order valence-corrected chi connectivity index (χ0v) is 16.8. The van der Waals surface area contributed by atoms with Gasteiger partial charge in [0.25, 0.3) is 11.2 Å². The van der Waals surface area contributed by atoms with E-state index in [1.54, 1.807) is 27.5 Å². The molecule has 8 heteroatoms. The molecule has 0 amide bonds. The maximum Gasteiger partial charge on any atom is 0.283 e.